The molecule has 0 aliphatic carbocycles. The fraction of sp³-hybridized carbons (Fsp3) is 0.167. The van der Waals surface area contributed by atoms with Gasteiger partial charge in [0.05, 0.1) is 11.4 Å². The van der Waals surface area contributed by atoms with Crippen molar-refractivity contribution < 1.29 is 17.6 Å². The molecule has 0 spiro atoms. The summed E-state index contributed by atoms with van der Waals surface area (Å²) in [6.07, 6.45) is 5.04. The summed E-state index contributed by atoms with van der Waals surface area (Å²) in [5.41, 5.74) is 0.878. The van der Waals surface area contributed by atoms with Crippen LogP contribution < -0.4 is 9.62 Å². The van der Waals surface area contributed by atoms with Crippen molar-refractivity contribution in [2.45, 2.75) is 11.8 Å². The highest BCUT2D eigenvalue weighted by molar-refractivity contribution is 7.89. The Hall–Kier alpha value is -2.69. The van der Waals surface area contributed by atoms with Crippen molar-refractivity contribution in [1.82, 2.24) is 4.72 Å². The van der Waals surface area contributed by atoms with Crippen LogP contribution in [-0.4, -0.2) is 27.4 Å². The zero-order valence-electron chi connectivity index (χ0n) is 13.6. The summed E-state index contributed by atoms with van der Waals surface area (Å²) in [6, 6.07) is 11.1. The van der Waals surface area contributed by atoms with Gasteiger partial charge >= 0.3 is 0 Å². The van der Waals surface area contributed by atoms with E-state index in [1.807, 2.05) is 0 Å². The van der Waals surface area contributed by atoms with Gasteiger partial charge in [0.2, 0.25) is 10.0 Å². The van der Waals surface area contributed by atoms with Crippen molar-refractivity contribution in [3.63, 3.8) is 0 Å². The minimum Gasteiger partial charge on any atom is -0.309 e. The van der Waals surface area contributed by atoms with E-state index in [4.69, 9.17) is 6.42 Å². The van der Waals surface area contributed by atoms with E-state index in [0.29, 0.717) is 17.8 Å². The standard InChI is InChI=1S/C18H17FN2O3S/c1-3-13-20-25(23,24)17-11-5-14(6-12-17)18(22)21(4-2)16-9-7-15(19)8-10-16/h1,5-12,20H,4,13H2,2H3. The summed E-state index contributed by atoms with van der Waals surface area (Å²) in [5, 5.41) is 0. The molecule has 1 N–H and O–H groups in total. The van der Waals surface area contributed by atoms with E-state index in [0.717, 1.165) is 0 Å². The number of anilines is 1. The van der Waals surface area contributed by atoms with Gasteiger partial charge in [-0.05, 0) is 55.5 Å². The number of benzene rings is 2. The van der Waals surface area contributed by atoms with Crippen LogP contribution in [0.15, 0.2) is 53.4 Å². The molecular weight excluding hydrogens is 343 g/mol. The van der Waals surface area contributed by atoms with Crippen LogP contribution in [0.1, 0.15) is 17.3 Å². The molecule has 0 heterocycles. The lowest BCUT2D eigenvalue weighted by Gasteiger charge is -2.21. The molecular formula is C18H17FN2O3S. The predicted molar refractivity (Wildman–Crippen MR) is 94.2 cm³/mol. The number of hydrogen-bond acceptors (Lipinski definition) is 3. The molecule has 1 amide bonds. The van der Waals surface area contributed by atoms with Gasteiger partial charge in [-0.2, -0.15) is 4.72 Å². The monoisotopic (exact) mass is 360 g/mol. The van der Waals surface area contributed by atoms with Crippen LogP contribution in [0.3, 0.4) is 0 Å². The third kappa shape index (κ3) is 4.44. The Bertz CT molecular complexity index is 885. The second-order valence-corrected chi connectivity index (χ2v) is 6.85. The summed E-state index contributed by atoms with van der Waals surface area (Å²) >= 11 is 0. The molecule has 0 atom stereocenters. The van der Waals surface area contributed by atoms with Crippen LogP contribution in [0.25, 0.3) is 0 Å². The maximum atomic E-state index is 13.0. The average Bonchev–Trinajstić information content (AvgIpc) is 2.62. The van der Waals surface area contributed by atoms with E-state index in [9.17, 15) is 17.6 Å². The van der Waals surface area contributed by atoms with Crippen molar-refractivity contribution >= 4 is 21.6 Å². The first kappa shape index (κ1) is 18.6. The van der Waals surface area contributed by atoms with Crippen molar-refractivity contribution in [3.05, 3.63) is 59.9 Å². The molecule has 0 saturated carbocycles. The fourth-order valence-electron chi connectivity index (χ4n) is 2.22. The van der Waals surface area contributed by atoms with Gasteiger partial charge in [0, 0.05) is 17.8 Å². The van der Waals surface area contributed by atoms with E-state index in [1.165, 1.54) is 53.4 Å². The number of terminal acetylenes is 1. The van der Waals surface area contributed by atoms with Crippen LogP contribution in [0.4, 0.5) is 10.1 Å². The van der Waals surface area contributed by atoms with Crippen LogP contribution in [-0.2, 0) is 10.0 Å². The second kappa shape index (κ2) is 7.92. The van der Waals surface area contributed by atoms with Crippen molar-refractivity contribution in [3.8, 4) is 12.3 Å². The Kier molecular flexibility index (Phi) is 5.91. The van der Waals surface area contributed by atoms with Gasteiger partial charge in [-0.3, -0.25) is 4.79 Å². The molecule has 130 valence electrons. The molecule has 0 radical (unpaired) electrons. The number of sulfonamides is 1. The number of halogens is 1. The zero-order chi connectivity index (χ0) is 18.4. The molecule has 0 aliphatic heterocycles. The highest BCUT2D eigenvalue weighted by Gasteiger charge is 2.18. The Morgan fingerprint density at radius 2 is 1.76 bits per heavy atom. The summed E-state index contributed by atoms with van der Waals surface area (Å²) in [5.74, 6) is 1.49. The van der Waals surface area contributed by atoms with Gasteiger partial charge < -0.3 is 4.90 Å². The lowest BCUT2D eigenvalue weighted by molar-refractivity contribution is 0.0988. The van der Waals surface area contributed by atoms with Crippen LogP contribution in [0.5, 0.6) is 0 Å². The molecule has 25 heavy (non-hydrogen) atoms. The Morgan fingerprint density at radius 1 is 1.16 bits per heavy atom. The van der Waals surface area contributed by atoms with E-state index < -0.39 is 10.0 Å². The first-order valence-corrected chi connectivity index (χ1v) is 8.98. The lowest BCUT2D eigenvalue weighted by Crippen LogP contribution is -2.30. The third-order valence-corrected chi connectivity index (χ3v) is 4.89. The van der Waals surface area contributed by atoms with Crippen molar-refractivity contribution in [1.29, 1.82) is 0 Å². The molecule has 2 aromatic rings. The highest BCUT2D eigenvalue weighted by Crippen LogP contribution is 2.19. The molecule has 0 saturated heterocycles. The van der Waals surface area contributed by atoms with Gasteiger partial charge in [0.1, 0.15) is 5.82 Å². The summed E-state index contributed by atoms with van der Waals surface area (Å²) < 4.78 is 39.2. The van der Waals surface area contributed by atoms with Crippen LogP contribution >= 0.6 is 0 Å². The van der Waals surface area contributed by atoms with Gasteiger partial charge in [-0.25, -0.2) is 12.8 Å². The van der Waals surface area contributed by atoms with Crippen molar-refractivity contribution in [2.24, 2.45) is 0 Å². The average molecular weight is 360 g/mol. The van der Waals surface area contributed by atoms with Gasteiger partial charge in [0.25, 0.3) is 5.91 Å². The quantitative estimate of drug-likeness (QED) is 0.805. The molecule has 5 nitrogen and oxygen atoms in total. The van der Waals surface area contributed by atoms with Crippen molar-refractivity contribution in [2.75, 3.05) is 18.0 Å². The van der Waals surface area contributed by atoms with E-state index in [2.05, 4.69) is 10.6 Å². The molecule has 2 aromatic carbocycles. The van der Waals surface area contributed by atoms with Gasteiger partial charge in [-0.1, -0.05) is 5.92 Å². The largest absolute Gasteiger partial charge is 0.309 e. The summed E-state index contributed by atoms with van der Waals surface area (Å²) in [6.45, 7) is 2.06. The van der Waals surface area contributed by atoms with E-state index in [1.54, 1.807) is 6.92 Å². The summed E-state index contributed by atoms with van der Waals surface area (Å²) in [4.78, 5) is 14.1. The number of rotatable bonds is 6. The molecule has 2 rings (SSSR count). The van der Waals surface area contributed by atoms with Gasteiger partial charge in [0.15, 0.2) is 0 Å². The number of amides is 1. The number of carbonyl (C=O) groups excluding carboxylic acids is 1. The summed E-state index contributed by atoms with van der Waals surface area (Å²) in [7, 11) is -3.71. The zero-order valence-corrected chi connectivity index (χ0v) is 14.4. The number of carbonyl (C=O) groups is 1. The molecule has 0 aromatic heterocycles. The SMILES string of the molecule is C#CCNS(=O)(=O)c1ccc(C(=O)N(CC)c2ccc(F)cc2)cc1. The lowest BCUT2D eigenvalue weighted by atomic mass is 10.2. The number of nitrogens with zero attached hydrogens (tertiary/aromatic N) is 1. The molecule has 0 bridgehead atoms. The maximum absolute atomic E-state index is 13.0. The molecule has 7 heteroatoms. The predicted octanol–water partition coefficient (Wildman–Crippen LogP) is 2.40. The minimum absolute atomic E-state index is 0.0177. The fourth-order valence-corrected chi connectivity index (χ4v) is 3.15. The van der Waals surface area contributed by atoms with E-state index in [-0.39, 0.29) is 23.2 Å². The third-order valence-electron chi connectivity index (χ3n) is 3.48. The number of nitrogens with one attached hydrogen (secondary N) is 1. The molecule has 0 fully saturated rings. The number of hydrogen-bond donors (Lipinski definition) is 1. The molecule has 0 unspecified atom stereocenters. The smallest absolute Gasteiger partial charge is 0.258 e. The Balaban J connectivity index is 2.24. The highest BCUT2D eigenvalue weighted by atomic mass is 32.2. The van der Waals surface area contributed by atoms with Crippen LogP contribution in [0, 0.1) is 18.2 Å². The minimum atomic E-state index is -3.71. The molecule has 0 aliphatic rings. The first-order valence-electron chi connectivity index (χ1n) is 7.49. The van der Waals surface area contributed by atoms with Crippen LogP contribution in [0.2, 0.25) is 0 Å². The topological polar surface area (TPSA) is 66.5 Å². The second-order valence-electron chi connectivity index (χ2n) is 5.08. The Labute approximate surface area is 146 Å². The van der Waals surface area contributed by atoms with E-state index >= 15 is 0 Å². The normalized spacial score (nSPS) is 10.9. The first-order chi connectivity index (χ1) is 11.9. The Morgan fingerprint density at radius 3 is 2.28 bits per heavy atom. The maximum Gasteiger partial charge on any atom is 0.258 e. The van der Waals surface area contributed by atoms with Gasteiger partial charge in [-0.15, -0.1) is 6.42 Å².